The fraction of sp³-hybridized carbons (Fsp3) is 0.0308. The third-order valence-electron chi connectivity index (χ3n) is 15.2. The molecule has 0 amide bonds. The highest BCUT2D eigenvalue weighted by molar-refractivity contribution is 6.13. The minimum atomic E-state index is -0.696. The van der Waals surface area contributed by atoms with Gasteiger partial charge in [0.2, 0.25) is 0 Å². The van der Waals surface area contributed by atoms with E-state index in [2.05, 4.69) is 212 Å². The van der Waals surface area contributed by atoms with Crippen molar-refractivity contribution >= 4 is 21.9 Å². The number of benzene rings is 10. The number of hydrogen-bond acceptors (Lipinski definition) is 4. The van der Waals surface area contributed by atoms with Crippen LogP contribution in [0, 0.1) is 0 Å². The zero-order chi connectivity index (χ0) is 45.3. The molecule has 2 spiro atoms. The molecule has 4 nitrogen and oxygen atoms in total. The van der Waals surface area contributed by atoms with Crippen molar-refractivity contribution in [3.8, 4) is 67.5 Å². The fourth-order valence-corrected chi connectivity index (χ4v) is 12.5. The summed E-state index contributed by atoms with van der Waals surface area (Å²) in [6.07, 6.45) is 0. The van der Waals surface area contributed by atoms with E-state index in [1.807, 2.05) is 24.3 Å². The molecule has 10 aromatic carbocycles. The Labute approximate surface area is 398 Å². The molecule has 0 aliphatic heterocycles. The molecule has 2 heterocycles. The lowest BCUT2D eigenvalue weighted by Gasteiger charge is -2.48. The van der Waals surface area contributed by atoms with E-state index in [1.165, 1.54) is 55.6 Å². The van der Waals surface area contributed by atoms with Crippen molar-refractivity contribution in [1.29, 1.82) is 0 Å². The van der Waals surface area contributed by atoms with Gasteiger partial charge < -0.3 is 4.42 Å². The van der Waals surface area contributed by atoms with Gasteiger partial charge in [0.1, 0.15) is 11.2 Å². The first-order valence-corrected chi connectivity index (χ1v) is 23.7. The highest BCUT2D eigenvalue weighted by Gasteiger charge is 2.59. The molecule has 320 valence electrons. The van der Waals surface area contributed by atoms with Crippen molar-refractivity contribution in [2.24, 2.45) is 0 Å². The van der Waals surface area contributed by atoms with E-state index in [-0.39, 0.29) is 0 Å². The molecule has 0 fully saturated rings. The summed E-state index contributed by atoms with van der Waals surface area (Å²) < 4.78 is 7.05. The van der Waals surface area contributed by atoms with Gasteiger partial charge in [-0.1, -0.05) is 218 Å². The predicted molar refractivity (Wildman–Crippen MR) is 277 cm³/mol. The summed E-state index contributed by atoms with van der Waals surface area (Å²) >= 11 is 0. The molecule has 15 rings (SSSR count). The highest BCUT2D eigenvalue weighted by Crippen LogP contribution is 2.68. The van der Waals surface area contributed by atoms with E-state index in [0.717, 1.165) is 60.9 Å². The molecular weight excluding hydrogens is 839 g/mol. The van der Waals surface area contributed by atoms with Gasteiger partial charge >= 0.3 is 0 Å². The Morgan fingerprint density at radius 2 is 0.725 bits per heavy atom. The Morgan fingerprint density at radius 1 is 0.275 bits per heavy atom. The SMILES string of the molecule is c1ccc(-c2cccc(-c3nc(-c4ccccc4)nc(-c4ccc5c(c4)-c4c(ccc6c4oc4ccccc46)C54c5ccccc5C5(c6ccccc6-c6ccccc65)c5ccccc54)n3)c2)cc1. The molecule has 12 aromatic rings. The van der Waals surface area contributed by atoms with Gasteiger partial charge in [0.25, 0.3) is 0 Å². The van der Waals surface area contributed by atoms with E-state index in [1.54, 1.807) is 0 Å². The summed E-state index contributed by atoms with van der Waals surface area (Å²) in [5.74, 6) is 1.84. The minimum absolute atomic E-state index is 0.537. The van der Waals surface area contributed by atoms with E-state index in [0.29, 0.717) is 17.5 Å². The molecule has 3 aliphatic carbocycles. The van der Waals surface area contributed by atoms with Gasteiger partial charge in [0.05, 0.1) is 10.8 Å². The first-order chi connectivity index (χ1) is 34.2. The van der Waals surface area contributed by atoms with Gasteiger partial charge in [-0.25, -0.2) is 15.0 Å². The lowest BCUT2D eigenvalue weighted by molar-refractivity contribution is 0.631. The van der Waals surface area contributed by atoms with E-state index in [9.17, 15) is 0 Å². The summed E-state index contributed by atoms with van der Waals surface area (Å²) in [5, 5.41) is 2.20. The topological polar surface area (TPSA) is 51.8 Å². The Morgan fingerprint density at radius 3 is 1.36 bits per heavy atom. The van der Waals surface area contributed by atoms with Crippen molar-refractivity contribution in [2.75, 3.05) is 0 Å². The average molecular weight is 878 g/mol. The lowest BCUT2D eigenvalue weighted by atomic mass is 9.52. The monoisotopic (exact) mass is 877 g/mol. The number of fused-ring (bicyclic) bond motifs is 20. The average Bonchev–Trinajstić information content (AvgIpc) is 4.06. The Kier molecular flexibility index (Phi) is 7.88. The minimum Gasteiger partial charge on any atom is -0.455 e. The first kappa shape index (κ1) is 38.1. The fourth-order valence-electron chi connectivity index (χ4n) is 12.5. The highest BCUT2D eigenvalue weighted by atomic mass is 16.3. The molecule has 0 atom stereocenters. The molecule has 0 saturated heterocycles. The van der Waals surface area contributed by atoms with Crippen LogP contribution in [0.1, 0.15) is 44.5 Å². The van der Waals surface area contributed by atoms with Crippen molar-refractivity contribution in [2.45, 2.75) is 10.8 Å². The van der Waals surface area contributed by atoms with Crippen molar-refractivity contribution in [3.05, 3.63) is 281 Å². The Bertz CT molecular complexity index is 4000. The van der Waals surface area contributed by atoms with Crippen LogP contribution in [0.25, 0.3) is 89.5 Å². The zero-order valence-electron chi connectivity index (χ0n) is 37.3. The predicted octanol–water partition coefficient (Wildman–Crippen LogP) is 15.5. The largest absolute Gasteiger partial charge is 0.455 e. The van der Waals surface area contributed by atoms with Gasteiger partial charge in [-0.15, -0.1) is 0 Å². The molecular formula is C65H39N3O. The van der Waals surface area contributed by atoms with Gasteiger partial charge in [0.15, 0.2) is 17.5 Å². The van der Waals surface area contributed by atoms with Crippen LogP contribution in [0.5, 0.6) is 0 Å². The van der Waals surface area contributed by atoms with Crippen molar-refractivity contribution in [1.82, 2.24) is 15.0 Å². The number of aromatic nitrogens is 3. The van der Waals surface area contributed by atoms with Crippen LogP contribution in [0.15, 0.2) is 241 Å². The Balaban J connectivity index is 1.02. The van der Waals surface area contributed by atoms with Crippen LogP contribution >= 0.6 is 0 Å². The van der Waals surface area contributed by atoms with Crippen molar-refractivity contribution in [3.63, 3.8) is 0 Å². The number of para-hydroxylation sites is 1. The van der Waals surface area contributed by atoms with Crippen LogP contribution in [-0.4, -0.2) is 15.0 Å². The van der Waals surface area contributed by atoms with Gasteiger partial charge in [-0.3, -0.25) is 0 Å². The van der Waals surface area contributed by atoms with Crippen LogP contribution < -0.4 is 0 Å². The molecule has 0 saturated carbocycles. The summed E-state index contributed by atoms with van der Waals surface area (Å²) in [7, 11) is 0. The van der Waals surface area contributed by atoms with Crippen LogP contribution in [0.2, 0.25) is 0 Å². The molecule has 0 N–H and O–H groups in total. The number of nitrogens with zero attached hydrogens (tertiary/aromatic N) is 3. The second-order valence-electron chi connectivity index (χ2n) is 18.5. The van der Waals surface area contributed by atoms with Crippen molar-refractivity contribution < 1.29 is 4.42 Å². The number of hydrogen-bond donors (Lipinski definition) is 0. The van der Waals surface area contributed by atoms with Crippen LogP contribution in [0.3, 0.4) is 0 Å². The smallest absolute Gasteiger partial charge is 0.164 e. The van der Waals surface area contributed by atoms with E-state index < -0.39 is 10.8 Å². The maximum absolute atomic E-state index is 7.05. The first-order valence-electron chi connectivity index (χ1n) is 23.7. The number of furan rings is 1. The lowest BCUT2D eigenvalue weighted by Crippen LogP contribution is -2.43. The molecule has 2 aromatic heterocycles. The molecule has 4 heteroatoms. The summed E-state index contributed by atoms with van der Waals surface area (Å²) in [5.41, 5.74) is 20.4. The molecule has 0 radical (unpaired) electrons. The van der Waals surface area contributed by atoms with Crippen LogP contribution in [0.4, 0.5) is 0 Å². The zero-order valence-corrected chi connectivity index (χ0v) is 37.3. The normalized spacial score (nSPS) is 14.0. The summed E-state index contributed by atoms with van der Waals surface area (Å²) in [4.78, 5) is 15.8. The molecule has 3 aliphatic rings. The third-order valence-corrected chi connectivity index (χ3v) is 15.2. The van der Waals surface area contributed by atoms with E-state index in [4.69, 9.17) is 19.4 Å². The summed E-state index contributed by atoms with van der Waals surface area (Å²) in [6, 6.07) is 85.7. The second kappa shape index (κ2) is 14.3. The van der Waals surface area contributed by atoms with Gasteiger partial charge in [-0.05, 0) is 90.5 Å². The standard InChI is InChI=1S/C65H39N3O/c1-3-18-40(19-4-1)42-22-17-23-43(38-42)62-66-61(41-20-5-2-6-21-41)67-63(68-62)44-34-36-52-49(39-44)59-57(37-35-48-47-26-9-16-33-58(47)69-60(48)59)65(52)55-31-14-12-29-53(55)64(54-30-13-15-32-56(54)65)50-27-10-7-24-45(50)46-25-8-11-28-51(46)64/h1-39H. The molecule has 69 heavy (non-hydrogen) atoms. The van der Waals surface area contributed by atoms with Gasteiger partial charge in [0, 0.05) is 33.0 Å². The maximum atomic E-state index is 7.05. The maximum Gasteiger partial charge on any atom is 0.164 e. The second-order valence-corrected chi connectivity index (χ2v) is 18.5. The molecule has 0 unspecified atom stereocenters. The number of rotatable bonds is 4. The Hall–Kier alpha value is -8.99. The van der Waals surface area contributed by atoms with Gasteiger partial charge in [-0.2, -0.15) is 0 Å². The summed E-state index contributed by atoms with van der Waals surface area (Å²) in [6.45, 7) is 0. The van der Waals surface area contributed by atoms with Crippen LogP contribution in [-0.2, 0) is 10.8 Å². The quantitative estimate of drug-likeness (QED) is 0.177. The van der Waals surface area contributed by atoms with E-state index >= 15 is 0 Å². The third kappa shape index (κ3) is 5.10. The molecule has 0 bridgehead atoms.